The van der Waals surface area contributed by atoms with Crippen LogP contribution in [-0.4, -0.2) is 56.1 Å². The van der Waals surface area contributed by atoms with E-state index in [4.69, 9.17) is 15.6 Å². The number of fused-ring (bicyclic) bond motifs is 2. The van der Waals surface area contributed by atoms with Crippen LogP contribution in [0.4, 0.5) is 5.69 Å². The van der Waals surface area contributed by atoms with E-state index in [-0.39, 0.29) is 44.9 Å². The molecule has 2 aromatic rings. The minimum Gasteiger partial charge on any atom is -0.453 e. The minimum absolute atomic E-state index is 0.0292. The van der Waals surface area contributed by atoms with Crippen LogP contribution in [-0.2, 0) is 20.2 Å². The molecule has 0 spiro atoms. The van der Waals surface area contributed by atoms with E-state index < -0.39 is 58.3 Å². The summed E-state index contributed by atoms with van der Waals surface area (Å²) in [6.45, 7) is 5.46. The fraction of sp³-hybridized carbons (Fsp3) is 0.222. The standard InChI is InChI=1S/C27H27N3O9S2/c1-5-30(4)27(32)18-12-14(22(31)13(2)3)6-7-15(18)21-16-8-10-19(28)25(40(33,34)35)23(16)39-24-17(21)9-11-20(29)26(24)41(36,37)38/h6-13,28H,5,29H2,1-4H3,(H,33,34,35)(H,36,37,38)/p+1. The molecule has 12 nitrogen and oxygen atoms in total. The molecule has 2 aromatic carbocycles. The highest BCUT2D eigenvalue weighted by Crippen LogP contribution is 2.45. The van der Waals surface area contributed by atoms with Gasteiger partial charge in [0.05, 0.1) is 5.69 Å². The van der Waals surface area contributed by atoms with E-state index in [0.717, 1.165) is 0 Å². The minimum atomic E-state index is -5.04. The molecule has 1 aliphatic carbocycles. The van der Waals surface area contributed by atoms with E-state index in [1.54, 1.807) is 27.8 Å². The fourth-order valence-corrected chi connectivity index (χ4v) is 6.10. The van der Waals surface area contributed by atoms with Gasteiger partial charge in [-0.1, -0.05) is 26.0 Å². The van der Waals surface area contributed by atoms with Crippen molar-refractivity contribution in [2.45, 2.75) is 30.6 Å². The van der Waals surface area contributed by atoms with E-state index in [0.29, 0.717) is 6.54 Å². The number of nitrogens with zero attached hydrogens (tertiary/aromatic N) is 1. The van der Waals surface area contributed by atoms with Gasteiger partial charge in [-0.05, 0) is 36.8 Å². The lowest BCUT2D eigenvalue weighted by molar-refractivity contribution is -0.176. The molecule has 0 radical (unpaired) electrons. The highest BCUT2D eigenvalue weighted by Gasteiger charge is 2.33. The number of Topliss-reactive ketones (excluding diaryl/α,β-unsaturated/α-hetero) is 1. The second kappa shape index (κ2) is 10.4. The third kappa shape index (κ3) is 5.22. The average Bonchev–Trinajstić information content (AvgIpc) is 2.88. The summed E-state index contributed by atoms with van der Waals surface area (Å²) in [7, 11) is -8.53. The van der Waals surface area contributed by atoms with Crippen LogP contribution in [0.1, 0.15) is 41.5 Å². The number of carbonyl (C=O) groups excluding carboxylic acids is 2. The fourth-order valence-electron chi connectivity index (χ4n) is 4.60. The van der Waals surface area contributed by atoms with Crippen LogP contribution in [0, 0.1) is 5.92 Å². The maximum absolute atomic E-state index is 13.6. The molecule has 0 fully saturated rings. The van der Waals surface area contributed by atoms with Crippen molar-refractivity contribution in [2.24, 2.45) is 5.92 Å². The zero-order chi connectivity index (χ0) is 30.6. The van der Waals surface area contributed by atoms with Gasteiger partial charge in [-0.3, -0.25) is 24.1 Å². The lowest BCUT2D eigenvalue weighted by Gasteiger charge is -2.22. The molecular formula is C27H28N3O9S2+. The zero-order valence-corrected chi connectivity index (χ0v) is 24.1. The summed E-state index contributed by atoms with van der Waals surface area (Å²) in [5.74, 6) is -1.65. The Balaban J connectivity index is 2.32. The second-order valence-corrected chi connectivity index (χ2v) is 12.5. The van der Waals surface area contributed by atoms with Crippen LogP contribution >= 0.6 is 0 Å². The van der Waals surface area contributed by atoms with E-state index in [2.05, 4.69) is 0 Å². The zero-order valence-electron chi connectivity index (χ0n) is 22.5. The van der Waals surface area contributed by atoms with Crippen molar-refractivity contribution in [2.75, 3.05) is 19.3 Å². The molecule has 41 heavy (non-hydrogen) atoms. The van der Waals surface area contributed by atoms with Gasteiger partial charge in [0.2, 0.25) is 10.3 Å². The van der Waals surface area contributed by atoms with Crippen molar-refractivity contribution >= 4 is 48.6 Å². The Hall–Kier alpha value is -4.11. The Morgan fingerprint density at radius 3 is 2.15 bits per heavy atom. The summed E-state index contributed by atoms with van der Waals surface area (Å²) in [5, 5.41) is 5.51. The second-order valence-electron chi connectivity index (χ2n) is 9.75. The Morgan fingerprint density at radius 1 is 0.976 bits per heavy atom. The first-order valence-electron chi connectivity index (χ1n) is 12.3. The van der Waals surface area contributed by atoms with E-state index >= 15 is 0 Å². The molecule has 0 aromatic heterocycles. The highest BCUT2D eigenvalue weighted by atomic mass is 32.2. The molecule has 14 heteroatoms. The van der Waals surface area contributed by atoms with Crippen molar-refractivity contribution in [3.05, 3.63) is 58.9 Å². The quantitative estimate of drug-likeness (QED) is 0.104. The monoisotopic (exact) mass is 602 g/mol. The van der Waals surface area contributed by atoms with Crippen LogP contribution in [0.3, 0.4) is 0 Å². The summed E-state index contributed by atoms with van der Waals surface area (Å²) >= 11 is 0. The number of hydrogen-bond acceptors (Lipinski definition) is 8. The van der Waals surface area contributed by atoms with Crippen molar-refractivity contribution in [1.82, 2.24) is 4.90 Å². The first-order valence-corrected chi connectivity index (χ1v) is 15.2. The van der Waals surface area contributed by atoms with Crippen LogP contribution in [0.5, 0.6) is 0 Å². The molecule has 0 unspecified atom stereocenters. The topological polar surface area (TPSA) is 211 Å². The van der Waals surface area contributed by atoms with Gasteiger partial charge in [0.15, 0.2) is 22.0 Å². The maximum Gasteiger partial charge on any atom is 0.304 e. The van der Waals surface area contributed by atoms with E-state index in [1.807, 2.05) is 0 Å². The molecule has 0 bridgehead atoms. The molecule has 6 N–H and O–H groups in total. The van der Waals surface area contributed by atoms with Crippen LogP contribution in [0.2, 0.25) is 0 Å². The Kier molecular flexibility index (Phi) is 7.56. The highest BCUT2D eigenvalue weighted by molar-refractivity contribution is 7.86. The largest absolute Gasteiger partial charge is 0.453 e. The summed E-state index contributed by atoms with van der Waals surface area (Å²) < 4.78 is 75.5. The van der Waals surface area contributed by atoms with Crippen molar-refractivity contribution in [3.63, 3.8) is 0 Å². The SMILES string of the molecule is CCN(C)C(=O)c1cc(C(=O)C(C)C)ccc1-c1c2ccc(=[NH2+])c(S(=O)(=O)O)c-2oc2c(S(=O)(=O)O)c(N)ccc12. The van der Waals surface area contributed by atoms with Gasteiger partial charge in [0.1, 0.15) is 0 Å². The number of anilines is 1. The predicted molar refractivity (Wildman–Crippen MR) is 149 cm³/mol. The van der Waals surface area contributed by atoms with E-state index in [9.17, 15) is 35.5 Å². The molecule has 0 saturated heterocycles. The lowest BCUT2D eigenvalue weighted by Crippen LogP contribution is -2.47. The first-order chi connectivity index (χ1) is 19.0. The number of carbonyl (C=O) groups is 2. The summed E-state index contributed by atoms with van der Waals surface area (Å²) in [6, 6.07) is 9.55. The Bertz CT molecular complexity index is 2000. The Labute approximate surface area is 235 Å². The molecular weight excluding hydrogens is 574 g/mol. The van der Waals surface area contributed by atoms with Gasteiger partial charge >= 0.3 is 10.1 Å². The maximum atomic E-state index is 13.6. The molecule has 4 rings (SSSR count). The number of hydrogen-bond donors (Lipinski definition) is 4. The first kappa shape index (κ1) is 29.9. The number of amides is 1. The summed E-state index contributed by atoms with van der Waals surface area (Å²) in [6.07, 6.45) is 0. The predicted octanol–water partition coefficient (Wildman–Crippen LogP) is 1.87. The number of ketones is 1. The number of nitrogens with two attached hydrogens (primary N) is 2. The molecule has 216 valence electrons. The molecule has 1 heterocycles. The summed E-state index contributed by atoms with van der Waals surface area (Å²) in [4.78, 5) is 26.2. The van der Waals surface area contributed by atoms with E-state index in [1.165, 1.54) is 47.4 Å². The van der Waals surface area contributed by atoms with Crippen LogP contribution in [0.25, 0.3) is 33.4 Å². The van der Waals surface area contributed by atoms with Gasteiger partial charge in [0, 0.05) is 53.2 Å². The average molecular weight is 603 g/mol. The normalized spacial score (nSPS) is 12.3. The molecule has 2 aliphatic rings. The van der Waals surface area contributed by atoms with Crippen molar-refractivity contribution < 1.29 is 45.4 Å². The number of rotatable bonds is 7. The van der Waals surface area contributed by atoms with Gasteiger partial charge in [0.25, 0.3) is 16.0 Å². The molecule has 1 aliphatic heterocycles. The third-order valence-corrected chi connectivity index (χ3v) is 8.57. The van der Waals surface area contributed by atoms with Gasteiger partial charge in [-0.25, -0.2) is 0 Å². The van der Waals surface area contributed by atoms with Crippen molar-refractivity contribution in [1.29, 1.82) is 0 Å². The van der Waals surface area contributed by atoms with Crippen LogP contribution in [0.15, 0.2) is 56.7 Å². The van der Waals surface area contributed by atoms with Crippen molar-refractivity contribution in [3.8, 4) is 22.5 Å². The van der Waals surface area contributed by atoms with Crippen LogP contribution < -0.4 is 16.5 Å². The van der Waals surface area contributed by atoms with Gasteiger partial charge in [-0.2, -0.15) is 16.8 Å². The number of nitrogen functional groups attached to an aromatic ring is 1. The molecule has 1 amide bonds. The molecule has 0 saturated carbocycles. The number of benzene rings is 3. The summed E-state index contributed by atoms with van der Waals surface area (Å²) in [5.41, 5.74) is 5.54. The van der Waals surface area contributed by atoms with Gasteiger partial charge in [-0.15, -0.1) is 0 Å². The molecule has 0 atom stereocenters. The third-order valence-electron chi connectivity index (χ3n) is 6.69. The Morgan fingerprint density at radius 2 is 1.59 bits per heavy atom. The van der Waals surface area contributed by atoms with Gasteiger partial charge < -0.3 is 15.1 Å². The smallest absolute Gasteiger partial charge is 0.304 e. The lowest BCUT2D eigenvalue weighted by atomic mass is 9.88.